The van der Waals surface area contributed by atoms with Gasteiger partial charge in [-0.25, -0.2) is 0 Å². The number of carbonyl (C=O) groups excluding carboxylic acids is 1. The van der Waals surface area contributed by atoms with Gasteiger partial charge in [-0.05, 0) is 50.1 Å². The molecule has 0 atom stereocenters. The number of benzene rings is 1. The Morgan fingerprint density at radius 2 is 1.76 bits per heavy atom. The van der Waals surface area contributed by atoms with E-state index in [-0.39, 0.29) is 5.91 Å². The normalized spacial score (nSPS) is 10.3. The van der Waals surface area contributed by atoms with Crippen LogP contribution in [0.5, 0.6) is 0 Å². The Labute approximate surface area is 100 Å². The van der Waals surface area contributed by atoms with Gasteiger partial charge in [0.2, 0.25) is 0 Å². The van der Waals surface area contributed by atoms with Gasteiger partial charge in [0.15, 0.2) is 5.76 Å². The Hall–Kier alpha value is -2.03. The molecule has 0 unspecified atom stereocenters. The maximum absolute atomic E-state index is 11.9. The van der Waals surface area contributed by atoms with E-state index in [1.807, 2.05) is 32.9 Å². The van der Waals surface area contributed by atoms with Crippen LogP contribution < -0.4 is 5.32 Å². The van der Waals surface area contributed by atoms with Crippen molar-refractivity contribution >= 4 is 11.6 Å². The fourth-order valence-electron chi connectivity index (χ4n) is 1.84. The third-order valence-electron chi connectivity index (χ3n) is 2.55. The Bertz CT molecular complexity index is 535. The molecule has 0 aliphatic rings. The van der Waals surface area contributed by atoms with Gasteiger partial charge in [0.05, 0.1) is 6.26 Å². The minimum Gasteiger partial charge on any atom is -0.459 e. The van der Waals surface area contributed by atoms with Crippen molar-refractivity contribution in [2.75, 3.05) is 5.32 Å². The van der Waals surface area contributed by atoms with Gasteiger partial charge in [-0.15, -0.1) is 0 Å². The molecule has 1 heterocycles. The molecule has 0 saturated heterocycles. The fraction of sp³-hybridized carbons (Fsp3) is 0.214. The zero-order valence-corrected chi connectivity index (χ0v) is 10.2. The van der Waals surface area contributed by atoms with Crippen molar-refractivity contribution in [3.8, 4) is 0 Å². The minimum absolute atomic E-state index is 0.211. The van der Waals surface area contributed by atoms with Crippen LogP contribution in [0.3, 0.4) is 0 Å². The SMILES string of the molecule is Cc1cc(C)cc(NC(=O)c2occc2C)c1. The minimum atomic E-state index is -0.211. The summed E-state index contributed by atoms with van der Waals surface area (Å²) in [6.07, 6.45) is 1.52. The van der Waals surface area contributed by atoms with Crippen LogP contribution in [-0.4, -0.2) is 5.91 Å². The van der Waals surface area contributed by atoms with Gasteiger partial charge in [-0.2, -0.15) is 0 Å². The molecule has 0 radical (unpaired) electrons. The molecule has 1 amide bonds. The Kier molecular flexibility index (Phi) is 3.00. The number of hydrogen-bond donors (Lipinski definition) is 1. The summed E-state index contributed by atoms with van der Waals surface area (Å²) in [4.78, 5) is 11.9. The van der Waals surface area contributed by atoms with Crippen LogP contribution in [-0.2, 0) is 0 Å². The summed E-state index contributed by atoms with van der Waals surface area (Å²) in [6.45, 7) is 5.85. The number of rotatable bonds is 2. The molecule has 0 bridgehead atoms. The van der Waals surface area contributed by atoms with E-state index in [2.05, 4.69) is 11.4 Å². The smallest absolute Gasteiger partial charge is 0.291 e. The molecule has 0 aliphatic heterocycles. The van der Waals surface area contributed by atoms with Gasteiger partial charge in [-0.3, -0.25) is 4.79 Å². The number of nitrogens with one attached hydrogen (secondary N) is 1. The van der Waals surface area contributed by atoms with E-state index in [1.165, 1.54) is 6.26 Å². The highest BCUT2D eigenvalue weighted by molar-refractivity contribution is 6.03. The number of amides is 1. The van der Waals surface area contributed by atoms with E-state index in [9.17, 15) is 4.79 Å². The Balaban J connectivity index is 2.21. The topological polar surface area (TPSA) is 42.2 Å². The van der Waals surface area contributed by atoms with Crippen molar-refractivity contribution in [3.05, 3.63) is 53.0 Å². The molecule has 0 aliphatic carbocycles. The first kappa shape index (κ1) is 11.5. The van der Waals surface area contributed by atoms with E-state index in [4.69, 9.17) is 4.42 Å². The van der Waals surface area contributed by atoms with Crippen molar-refractivity contribution in [2.45, 2.75) is 20.8 Å². The Morgan fingerprint density at radius 1 is 1.12 bits per heavy atom. The number of aryl methyl sites for hydroxylation is 3. The van der Waals surface area contributed by atoms with E-state index in [0.717, 1.165) is 22.4 Å². The van der Waals surface area contributed by atoms with Crippen LogP contribution in [0, 0.1) is 20.8 Å². The van der Waals surface area contributed by atoms with Gasteiger partial charge in [0.1, 0.15) is 0 Å². The highest BCUT2D eigenvalue weighted by Gasteiger charge is 2.12. The lowest BCUT2D eigenvalue weighted by atomic mass is 10.1. The van der Waals surface area contributed by atoms with Crippen molar-refractivity contribution < 1.29 is 9.21 Å². The molecule has 1 aromatic heterocycles. The third kappa shape index (κ3) is 2.56. The quantitative estimate of drug-likeness (QED) is 0.856. The molecular formula is C14H15NO2. The van der Waals surface area contributed by atoms with E-state index in [0.29, 0.717) is 5.76 Å². The molecule has 2 rings (SSSR count). The van der Waals surface area contributed by atoms with Crippen LogP contribution in [0.25, 0.3) is 0 Å². The molecule has 1 N–H and O–H groups in total. The fourth-order valence-corrected chi connectivity index (χ4v) is 1.84. The van der Waals surface area contributed by atoms with E-state index < -0.39 is 0 Å². The maximum atomic E-state index is 11.9. The van der Waals surface area contributed by atoms with Gasteiger partial charge in [0, 0.05) is 11.3 Å². The summed E-state index contributed by atoms with van der Waals surface area (Å²) in [5.74, 6) is 0.154. The van der Waals surface area contributed by atoms with Gasteiger partial charge in [-0.1, -0.05) is 6.07 Å². The van der Waals surface area contributed by atoms with E-state index in [1.54, 1.807) is 6.07 Å². The molecule has 0 fully saturated rings. The van der Waals surface area contributed by atoms with Crippen molar-refractivity contribution in [1.29, 1.82) is 0 Å². The van der Waals surface area contributed by atoms with Crippen molar-refractivity contribution in [2.24, 2.45) is 0 Å². The average molecular weight is 229 g/mol. The molecule has 3 heteroatoms. The summed E-state index contributed by atoms with van der Waals surface area (Å²) in [7, 11) is 0. The summed E-state index contributed by atoms with van der Waals surface area (Å²) in [5.41, 5.74) is 3.88. The summed E-state index contributed by atoms with van der Waals surface area (Å²) in [6, 6.07) is 7.70. The monoisotopic (exact) mass is 229 g/mol. The molecule has 0 saturated carbocycles. The van der Waals surface area contributed by atoms with Gasteiger partial charge < -0.3 is 9.73 Å². The first-order valence-electron chi connectivity index (χ1n) is 5.50. The van der Waals surface area contributed by atoms with Gasteiger partial charge >= 0.3 is 0 Å². The summed E-state index contributed by atoms with van der Waals surface area (Å²) < 4.78 is 5.15. The van der Waals surface area contributed by atoms with Crippen LogP contribution in [0.15, 0.2) is 34.9 Å². The average Bonchev–Trinajstić information content (AvgIpc) is 2.62. The number of anilines is 1. The molecule has 3 nitrogen and oxygen atoms in total. The summed E-state index contributed by atoms with van der Waals surface area (Å²) in [5, 5.41) is 2.83. The van der Waals surface area contributed by atoms with Crippen LogP contribution >= 0.6 is 0 Å². The second-order valence-electron chi connectivity index (χ2n) is 4.26. The number of hydrogen-bond acceptors (Lipinski definition) is 2. The van der Waals surface area contributed by atoms with Gasteiger partial charge in [0.25, 0.3) is 5.91 Å². The Morgan fingerprint density at radius 3 is 2.29 bits per heavy atom. The molecule has 88 valence electrons. The van der Waals surface area contributed by atoms with Crippen LogP contribution in [0.1, 0.15) is 27.2 Å². The lowest BCUT2D eigenvalue weighted by Gasteiger charge is -2.06. The standard InChI is InChI=1S/C14H15NO2/c1-9-6-10(2)8-12(7-9)15-14(16)13-11(3)4-5-17-13/h4-8H,1-3H3,(H,15,16). The highest BCUT2D eigenvalue weighted by Crippen LogP contribution is 2.16. The largest absolute Gasteiger partial charge is 0.459 e. The maximum Gasteiger partial charge on any atom is 0.291 e. The number of furan rings is 1. The van der Waals surface area contributed by atoms with Crippen molar-refractivity contribution in [3.63, 3.8) is 0 Å². The first-order chi connectivity index (χ1) is 8.06. The first-order valence-corrected chi connectivity index (χ1v) is 5.50. The molecule has 2 aromatic rings. The van der Waals surface area contributed by atoms with Crippen LogP contribution in [0.4, 0.5) is 5.69 Å². The zero-order valence-electron chi connectivity index (χ0n) is 10.2. The van der Waals surface area contributed by atoms with E-state index >= 15 is 0 Å². The predicted molar refractivity (Wildman–Crippen MR) is 67.3 cm³/mol. The lowest BCUT2D eigenvalue weighted by molar-refractivity contribution is 0.0996. The highest BCUT2D eigenvalue weighted by atomic mass is 16.3. The predicted octanol–water partition coefficient (Wildman–Crippen LogP) is 3.46. The van der Waals surface area contributed by atoms with Crippen LogP contribution in [0.2, 0.25) is 0 Å². The third-order valence-corrected chi connectivity index (χ3v) is 2.55. The molecular weight excluding hydrogens is 214 g/mol. The number of carbonyl (C=O) groups is 1. The second-order valence-corrected chi connectivity index (χ2v) is 4.26. The molecule has 0 spiro atoms. The molecule has 17 heavy (non-hydrogen) atoms. The second kappa shape index (κ2) is 4.45. The summed E-state index contributed by atoms with van der Waals surface area (Å²) >= 11 is 0. The van der Waals surface area contributed by atoms with Crippen molar-refractivity contribution in [1.82, 2.24) is 0 Å². The zero-order chi connectivity index (χ0) is 12.4. The lowest BCUT2D eigenvalue weighted by Crippen LogP contribution is -2.12. The molecule has 1 aromatic carbocycles.